The quantitative estimate of drug-likeness (QED) is 0.852. The van der Waals surface area contributed by atoms with E-state index >= 15 is 0 Å². The Bertz CT molecular complexity index is 895. The molecule has 126 valence electrons. The number of aryl methyl sites for hydroxylation is 1. The fourth-order valence-electron chi connectivity index (χ4n) is 2.94. The third-order valence-electron chi connectivity index (χ3n) is 4.10. The summed E-state index contributed by atoms with van der Waals surface area (Å²) in [6.07, 6.45) is 1.33. The van der Waals surface area contributed by atoms with Gasteiger partial charge in [-0.1, -0.05) is 35.9 Å². The van der Waals surface area contributed by atoms with E-state index in [1.165, 1.54) is 0 Å². The largest absolute Gasteiger partial charge is 0.478 e. The van der Waals surface area contributed by atoms with Crippen LogP contribution in [0.3, 0.4) is 0 Å². The lowest BCUT2D eigenvalue weighted by Gasteiger charge is -2.15. The van der Waals surface area contributed by atoms with Crippen molar-refractivity contribution in [2.45, 2.75) is 24.6 Å². The van der Waals surface area contributed by atoms with Crippen LogP contribution in [0.5, 0.6) is 0 Å². The summed E-state index contributed by atoms with van der Waals surface area (Å²) in [7, 11) is -3.60. The lowest BCUT2D eigenvalue weighted by molar-refractivity contribution is 0.0696. The standard InChI is InChI=1S/C17H16ClNO4S/c18-15-4-2-1-3-13(15)10-24(22,23)19-16-8-7-11-5-6-12(17(20)21)9-14(11)16/h1-6,9,16,19H,7-8,10H2,(H,20,21)/t16-/m1/s1. The van der Waals surface area contributed by atoms with Crippen LogP contribution >= 0.6 is 11.6 Å². The van der Waals surface area contributed by atoms with Gasteiger partial charge in [0.05, 0.1) is 11.3 Å². The smallest absolute Gasteiger partial charge is 0.335 e. The Morgan fingerprint density at radius 1 is 1.25 bits per heavy atom. The SMILES string of the molecule is O=C(O)c1ccc2c(c1)[C@H](NS(=O)(=O)Cc1ccccc1Cl)CC2. The van der Waals surface area contributed by atoms with Gasteiger partial charge in [0, 0.05) is 11.1 Å². The lowest BCUT2D eigenvalue weighted by Crippen LogP contribution is -2.28. The zero-order valence-electron chi connectivity index (χ0n) is 12.7. The van der Waals surface area contributed by atoms with E-state index < -0.39 is 22.0 Å². The van der Waals surface area contributed by atoms with Crippen molar-refractivity contribution in [2.75, 3.05) is 0 Å². The maximum absolute atomic E-state index is 12.5. The second kappa shape index (κ2) is 6.55. The number of carboxylic acid groups (broad SMARTS) is 1. The van der Waals surface area contributed by atoms with E-state index in [1.807, 2.05) is 0 Å². The first-order valence-corrected chi connectivity index (χ1v) is 9.48. The Hall–Kier alpha value is -1.89. The molecule has 0 radical (unpaired) electrons. The number of sulfonamides is 1. The molecule has 2 aromatic rings. The molecular formula is C17H16ClNO4S. The molecule has 0 saturated carbocycles. The molecule has 0 heterocycles. The molecule has 1 atom stereocenters. The van der Waals surface area contributed by atoms with Crippen LogP contribution in [0, 0.1) is 0 Å². The number of hydrogen-bond acceptors (Lipinski definition) is 3. The minimum absolute atomic E-state index is 0.158. The topological polar surface area (TPSA) is 83.5 Å². The fourth-order valence-corrected chi connectivity index (χ4v) is 4.64. The summed E-state index contributed by atoms with van der Waals surface area (Å²) in [5.74, 6) is -1.24. The molecule has 1 aliphatic rings. The second-order valence-electron chi connectivity index (χ2n) is 5.78. The molecular weight excluding hydrogens is 350 g/mol. The Kier molecular flexibility index (Phi) is 4.62. The van der Waals surface area contributed by atoms with Gasteiger partial charge >= 0.3 is 5.97 Å². The van der Waals surface area contributed by atoms with E-state index in [4.69, 9.17) is 16.7 Å². The number of carbonyl (C=O) groups is 1. The Labute approximate surface area is 145 Å². The molecule has 2 aromatic carbocycles. The molecule has 7 heteroatoms. The molecule has 0 amide bonds. The Balaban J connectivity index is 1.82. The van der Waals surface area contributed by atoms with Crippen molar-refractivity contribution in [2.24, 2.45) is 0 Å². The molecule has 0 spiro atoms. The van der Waals surface area contributed by atoms with Crippen molar-refractivity contribution in [3.8, 4) is 0 Å². The molecule has 0 aromatic heterocycles. The van der Waals surface area contributed by atoms with Crippen molar-refractivity contribution in [3.05, 3.63) is 69.7 Å². The van der Waals surface area contributed by atoms with E-state index in [0.717, 1.165) is 11.1 Å². The predicted octanol–water partition coefficient (Wildman–Crippen LogP) is 3.15. The summed E-state index contributed by atoms with van der Waals surface area (Å²) in [5.41, 5.74) is 2.40. The minimum atomic E-state index is -3.60. The normalized spacial score (nSPS) is 16.8. The van der Waals surface area contributed by atoms with Crippen molar-refractivity contribution in [1.82, 2.24) is 4.72 Å². The van der Waals surface area contributed by atoms with Crippen LogP contribution in [-0.4, -0.2) is 19.5 Å². The average molecular weight is 366 g/mol. The number of fused-ring (bicyclic) bond motifs is 1. The highest BCUT2D eigenvalue weighted by Crippen LogP contribution is 2.33. The van der Waals surface area contributed by atoms with E-state index in [-0.39, 0.29) is 11.3 Å². The summed E-state index contributed by atoms with van der Waals surface area (Å²) in [6, 6.07) is 11.2. The number of carboxylic acids is 1. The van der Waals surface area contributed by atoms with Gasteiger partial charge in [-0.2, -0.15) is 0 Å². The van der Waals surface area contributed by atoms with E-state index in [0.29, 0.717) is 23.4 Å². The van der Waals surface area contributed by atoms with Gasteiger partial charge in [-0.3, -0.25) is 0 Å². The van der Waals surface area contributed by atoms with Gasteiger partial charge in [-0.05, 0) is 47.7 Å². The number of aromatic carboxylic acids is 1. The first kappa shape index (κ1) is 17.0. The van der Waals surface area contributed by atoms with Crippen molar-refractivity contribution < 1.29 is 18.3 Å². The zero-order valence-corrected chi connectivity index (χ0v) is 14.3. The van der Waals surface area contributed by atoms with Gasteiger partial charge in [0.2, 0.25) is 10.0 Å². The van der Waals surface area contributed by atoms with Crippen LogP contribution in [-0.2, 0) is 22.2 Å². The summed E-state index contributed by atoms with van der Waals surface area (Å²) in [4.78, 5) is 11.1. The Morgan fingerprint density at radius 2 is 2.00 bits per heavy atom. The number of halogens is 1. The average Bonchev–Trinajstić information content (AvgIpc) is 2.91. The van der Waals surface area contributed by atoms with Crippen LogP contribution in [0.15, 0.2) is 42.5 Å². The maximum Gasteiger partial charge on any atom is 0.335 e. The van der Waals surface area contributed by atoms with Gasteiger partial charge in [0.25, 0.3) is 0 Å². The summed E-state index contributed by atoms with van der Waals surface area (Å²) < 4.78 is 27.6. The van der Waals surface area contributed by atoms with Crippen molar-refractivity contribution >= 4 is 27.6 Å². The first-order chi connectivity index (χ1) is 11.4. The fraction of sp³-hybridized carbons (Fsp3) is 0.235. The summed E-state index contributed by atoms with van der Waals surface area (Å²) >= 11 is 6.03. The van der Waals surface area contributed by atoms with Crippen LogP contribution in [0.4, 0.5) is 0 Å². The molecule has 24 heavy (non-hydrogen) atoms. The maximum atomic E-state index is 12.5. The van der Waals surface area contributed by atoms with Gasteiger partial charge in [-0.25, -0.2) is 17.9 Å². The first-order valence-electron chi connectivity index (χ1n) is 7.45. The highest BCUT2D eigenvalue weighted by Gasteiger charge is 2.27. The second-order valence-corrected chi connectivity index (χ2v) is 7.94. The van der Waals surface area contributed by atoms with Crippen molar-refractivity contribution in [3.63, 3.8) is 0 Å². The zero-order chi connectivity index (χ0) is 17.3. The van der Waals surface area contributed by atoms with Crippen LogP contribution in [0.2, 0.25) is 5.02 Å². The number of nitrogens with one attached hydrogen (secondary N) is 1. The molecule has 0 saturated heterocycles. The van der Waals surface area contributed by atoms with Gasteiger partial charge in [-0.15, -0.1) is 0 Å². The third kappa shape index (κ3) is 3.61. The highest BCUT2D eigenvalue weighted by atomic mass is 35.5. The molecule has 0 fully saturated rings. The van der Waals surface area contributed by atoms with Crippen LogP contribution < -0.4 is 4.72 Å². The third-order valence-corrected chi connectivity index (χ3v) is 5.80. The Morgan fingerprint density at radius 3 is 2.71 bits per heavy atom. The number of hydrogen-bond donors (Lipinski definition) is 2. The predicted molar refractivity (Wildman–Crippen MR) is 91.7 cm³/mol. The van der Waals surface area contributed by atoms with Gasteiger partial charge < -0.3 is 5.11 Å². The van der Waals surface area contributed by atoms with E-state index in [2.05, 4.69) is 4.72 Å². The molecule has 1 aliphatic carbocycles. The molecule has 3 rings (SSSR count). The number of benzene rings is 2. The molecule has 0 aliphatic heterocycles. The molecule has 2 N–H and O–H groups in total. The van der Waals surface area contributed by atoms with Crippen LogP contribution in [0.25, 0.3) is 0 Å². The monoisotopic (exact) mass is 365 g/mol. The van der Waals surface area contributed by atoms with Gasteiger partial charge in [0.1, 0.15) is 0 Å². The van der Waals surface area contributed by atoms with E-state index in [9.17, 15) is 13.2 Å². The minimum Gasteiger partial charge on any atom is -0.478 e. The summed E-state index contributed by atoms with van der Waals surface area (Å²) in [6.45, 7) is 0. The highest BCUT2D eigenvalue weighted by molar-refractivity contribution is 7.88. The van der Waals surface area contributed by atoms with Crippen LogP contribution in [0.1, 0.15) is 39.5 Å². The molecule has 0 unspecified atom stereocenters. The van der Waals surface area contributed by atoms with E-state index in [1.54, 1.807) is 42.5 Å². The lowest BCUT2D eigenvalue weighted by atomic mass is 10.0. The molecule has 5 nitrogen and oxygen atoms in total. The number of rotatable bonds is 5. The van der Waals surface area contributed by atoms with Gasteiger partial charge in [0.15, 0.2) is 0 Å². The van der Waals surface area contributed by atoms with Crippen molar-refractivity contribution in [1.29, 1.82) is 0 Å². The molecule has 0 bridgehead atoms. The summed E-state index contributed by atoms with van der Waals surface area (Å²) in [5, 5.41) is 9.51.